The van der Waals surface area contributed by atoms with Crippen LogP contribution in [0.2, 0.25) is 0 Å². The van der Waals surface area contributed by atoms with Gasteiger partial charge in [0.1, 0.15) is 5.60 Å². The van der Waals surface area contributed by atoms with Crippen LogP contribution in [0.4, 0.5) is 4.79 Å². The topological polar surface area (TPSA) is 49.8 Å². The van der Waals surface area contributed by atoms with Gasteiger partial charge in [0.05, 0.1) is 6.10 Å². The zero-order valence-electron chi connectivity index (χ0n) is 14.5. The third kappa shape index (κ3) is 4.87. The van der Waals surface area contributed by atoms with Gasteiger partial charge in [-0.1, -0.05) is 32.1 Å². The number of ether oxygens (including phenoxy) is 1. The Morgan fingerprint density at radius 2 is 1.64 bits per heavy atom. The molecule has 0 spiro atoms. The van der Waals surface area contributed by atoms with Crippen molar-refractivity contribution >= 4 is 6.09 Å². The van der Waals surface area contributed by atoms with E-state index in [4.69, 9.17) is 4.74 Å². The lowest BCUT2D eigenvalue weighted by Crippen LogP contribution is -2.49. The van der Waals surface area contributed by atoms with E-state index in [9.17, 15) is 9.90 Å². The van der Waals surface area contributed by atoms with Crippen molar-refractivity contribution in [2.45, 2.75) is 96.3 Å². The molecule has 2 fully saturated rings. The quantitative estimate of drug-likeness (QED) is 0.741. The second-order valence-electron chi connectivity index (χ2n) is 7.96. The summed E-state index contributed by atoms with van der Waals surface area (Å²) >= 11 is 0. The van der Waals surface area contributed by atoms with Crippen LogP contribution in [-0.4, -0.2) is 40.4 Å². The highest BCUT2D eigenvalue weighted by molar-refractivity contribution is 5.68. The molecule has 0 aromatic rings. The van der Waals surface area contributed by atoms with Gasteiger partial charge in [-0.2, -0.15) is 0 Å². The predicted molar refractivity (Wildman–Crippen MR) is 87.8 cm³/mol. The van der Waals surface area contributed by atoms with Crippen molar-refractivity contribution in [2.75, 3.05) is 6.54 Å². The lowest BCUT2D eigenvalue weighted by Gasteiger charge is -2.38. The van der Waals surface area contributed by atoms with Gasteiger partial charge in [0.2, 0.25) is 0 Å². The molecule has 1 N–H and O–H groups in total. The molecule has 1 heterocycles. The molecule has 3 atom stereocenters. The number of likely N-dealkylation sites (tertiary alicyclic amines) is 1. The van der Waals surface area contributed by atoms with Crippen LogP contribution in [0.5, 0.6) is 0 Å². The summed E-state index contributed by atoms with van der Waals surface area (Å²) in [7, 11) is 0. The Balaban J connectivity index is 2.14. The van der Waals surface area contributed by atoms with Gasteiger partial charge < -0.3 is 14.7 Å². The van der Waals surface area contributed by atoms with Gasteiger partial charge in [-0.15, -0.1) is 0 Å². The summed E-state index contributed by atoms with van der Waals surface area (Å²) in [6.07, 6.45) is 9.27. The Morgan fingerprint density at radius 3 is 2.36 bits per heavy atom. The second kappa shape index (κ2) is 7.67. The van der Waals surface area contributed by atoms with Crippen molar-refractivity contribution in [1.29, 1.82) is 0 Å². The summed E-state index contributed by atoms with van der Waals surface area (Å²) in [5.41, 5.74) is -0.462. The first-order chi connectivity index (χ1) is 10.4. The molecule has 4 heteroatoms. The molecule has 2 rings (SSSR count). The summed E-state index contributed by atoms with van der Waals surface area (Å²) in [5.74, 6) is 0.216. The monoisotopic (exact) mass is 311 g/mol. The van der Waals surface area contributed by atoms with Crippen LogP contribution in [-0.2, 0) is 4.74 Å². The maximum Gasteiger partial charge on any atom is 0.410 e. The average molecular weight is 311 g/mol. The number of hydrogen-bond donors (Lipinski definition) is 1. The molecule has 0 aromatic carbocycles. The number of carbonyl (C=O) groups excluding carboxylic acids is 1. The van der Waals surface area contributed by atoms with E-state index in [0.29, 0.717) is 0 Å². The van der Waals surface area contributed by atoms with E-state index < -0.39 is 5.60 Å². The van der Waals surface area contributed by atoms with E-state index in [1.807, 2.05) is 25.7 Å². The standard InChI is InChI=1S/C18H33NO3/c1-18(2,3)22-17(21)19-13-9-5-7-11-15(19)14-10-6-4-8-12-16(14)20/h14-16,20H,4-13H2,1-3H3. The van der Waals surface area contributed by atoms with Crippen molar-refractivity contribution in [2.24, 2.45) is 5.92 Å². The molecule has 1 saturated carbocycles. The van der Waals surface area contributed by atoms with Crippen LogP contribution in [0.25, 0.3) is 0 Å². The smallest absolute Gasteiger partial charge is 0.410 e. The molecular formula is C18H33NO3. The van der Waals surface area contributed by atoms with Gasteiger partial charge >= 0.3 is 6.09 Å². The molecule has 2 aliphatic rings. The first-order valence-electron chi connectivity index (χ1n) is 9.06. The van der Waals surface area contributed by atoms with Gasteiger partial charge in [0, 0.05) is 18.5 Å². The first kappa shape index (κ1) is 17.6. The van der Waals surface area contributed by atoms with Gasteiger partial charge in [0.15, 0.2) is 0 Å². The highest BCUT2D eigenvalue weighted by Gasteiger charge is 2.37. The van der Waals surface area contributed by atoms with E-state index >= 15 is 0 Å². The van der Waals surface area contributed by atoms with E-state index in [2.05, 4.69) is 0 Å². The Hall–Kier alpha value is -0.770. The highest BCUT2D eigenvalue weighted by atomic mass is 16.6. The van der Waals surface area contributed by atoms with Crippen LogP contribution in [0.15, 0.2) is 0 Å². The Kier molecular flexibility index (Phi) is 6.13. The summed E-state index contributed by atoms with van der Waals surface area (Å²) in [5, 5.41) is 10.5. The Bertz CT molecular complexity index is 364. The number of hydrogen-bond acceptors (Lipinski definition) is 3. The van der Waals surface area contributed by atoms with Gasteiger partial charge in [-0.05, 0) is 46.5 Å². The van der Waals surface area contributed by atoms with Crippen LogP contribution < -0.4 is 0 Å². The first-order valence-corrected chi connectivity index (χ1v) is 9.06. The molecule has 0 aromatic heterocycles. The number of amides is 1. The van der Waals surface area contributed by atoms with Crippen molar-refractivity contribution in [3.63, 3.8) is 0 Å². The number of nitrogens with zero attached hydrogens (tertiary/aromatic N) is 1. The fourth-order valence-corrected chi connectivity index (χ4v) is 3.89. The van der Waals surface area contributed by atoms with Crippen molar-refractivity contribution in [1.82, 2.24) is 4.90 Å². The number of rotatable bonds is 1. The highest BCUT2D eigenvalue weighted by Crippen LogP contribution is 2.33. The third-order valence-electron chi connectivity index (χ3n) is 4.95. The van der Waals surface area contributed by atoms with Crippen LogP contribution in [0.1, 0.15) is 78.6 Å². The van der Waals surface area contributed by atoms with E-state index in [-0.39, 0.29) is 24.2 Å². The minimum Gasteiger partial charge on any atom is -0.444 e. The molecular weight excluding hydrogens is 278 g/mol. The van der Waals surface area contributed by atoms with Crippen molar-refractivity contribution in [3.8, 4) is 0 Å². The molecule has 128 valence electrons. The molecule has 0 bridgehead atoms. The maximum atomic E-state index is 12.6. The largest absolute Gasteiger partial charge is 0.444 e. The SMILES string of the molecule is CC(C)(C)OC(=O)N1CCCCCC1C1CCCCCC1O. The number of aliphatic hydroxyl groups is 1. The van der Waals surface area contributed by atoms with Crippen molar-refractivity contribution < 1.29 is 14.6 Å². The summed E-state index contributed by atoms with van der Waals surface area (Å²) in [4.78, 5) is 14.6. The lowest BCUT2D eigenvalue weighted by molar-refractivity contribution is -0.00733. The minimum atomic E-state index is -0.462. The number of carbonyl (C=O) groups is 1. The maximum absolute atomic E-state index is 12.6. The van der Waals surface area contributed by atoms with Gasteiger partial charge in [-0.3, -0.25) is 0 Å². The van der Waals surface area contributed by atoms with Crippen LogP contribution in [0, 0.1) is 5.92 Å². The molecule has 1 amide bonds. The fraction of sp³-hybridized carbons (Fsp3) is 0.944. The average Bonchev–Trinajstić information content (AvgIpc) is 2.76. The van der Waals surface area contributed by atoms with Gasteiger partial charge in [0.25, 0.3) is 0 Å². The van der Waals surface area contributed by atoms with Crippen molar-refractivity contribution in [3.05, 3.63) is 0 Å². The molecule has 22 heavy (non-hydrogen) atoms. The van der Waals surface area contributed by atoms with Crippen LogP contribution >= 0.6 is 0 Å². The fourth-order valence-electron chi connectivity index (χ4n) is 3.89. The Morgan fingerprint density at radius 1 is 1.00 bits per heavy atom. The second-order valence-corrected chi connectivity index (χ2v) is 7.96. The third-order valence-corrected chi connectivity index (χ3v) is 4.95. The molecule has 0 radical (unpaired) electrons. The lowest BCUT2D eigenvalue weighted by atomic mass is 9.86. The number of aliphatic hydroxyl groups excluding tert-OH is 1. The summed E-state index contributed by atoms with van der Waals surface area (Å²) in [6.45, 7) is 6.51. The van der Waals surface area contributed by atoms with Crippen LogP contribution in [0.3, 0.4) is 0 Å². The zero-order valence-corrected chi connectivity index (χ0v) is 14.5. The molecule has 1 aliphatic carbocycles. The van der Waals surface area contributed by atoms with Gasteiger partial charge in [-0.25, -0.2) is 4.79 Å². The van der Waals surface area contributed by atoms with E-state index in [0.717, 1.165) is 45.1 Å². The summed E-state index contributed by atoms with van der Waals surface area (Å²) < 4.78 is 5.63. The molecule has 4 nitrogen and oxygen atoms in total. The zero-order chi connectivity index (χ0) is 16.2. The molecule has 3 unspecified atom stereocenters. The Labute approximate surface area is 135 Å². The minimum absolute atomic E-state index is 0.144. The normalized spacial score (nSPS) is 31.3. The molecule has 1 aliphatic heterocycles. The predicted octanol–water partition coefficient (Wildman–Crippen LogP) is 4.11. The molecule has 1 saturated heterocycles. The van der Waals surface area contributed by atoms with E-state index in [1.54, 1.807) is 0 Å². The van der Waals surface area contributed by atoms with E-state index in [1.165, 1.54) is 19.3 Å². The summed E-state index contributed by atoms with van der Waals surface area (Å²) in [6, 6.07) is 0.144.